The molecular weight excluding hydrogens is 448 g/mol. The van der Waals surface area contributed by atoms with Gasteiger partial charge in [-0.15, -0.1) is 0 Å². The van der Waals surface area contributed by atoms with Gasteiger partial charge in [0.25, 0.3) is 5.56 Å². The van der Waals surface area contributed by atoms with Crippen LogP contribution < -0.4 is 5.56 Å². The van der Waals surface area contributed by atoms with Crippen LogP contribution in [0.1, 0.15) is 5.56 Å². The van der Waals surface area contributed by atoms with Crippen molar-refractivity contribution >= 4 is 52.0 Å². The van der Waals surface area contributed by atoms with Crippen LogP contribution in [-0.4, -0.2) is 10.9 Å². The summed E-state index contributed by atoms with van der Waals surface area (Å²) in [6.45, 7) is 0. The van der Waals surface area contributed by atoms with Crippen molar-refractivity contribution in [3.05, 3.63) is 97.5 Å². The zero-order valence-electron chi connectivity index (χ0n) is 15.3. The smallest absolute Gasteiger partial charge is 0.255 e. The van der Waals surface area contributed by atoms with Gasteiger partial charge in [-0.2, -0.15) is 0 Å². The highest BCUT2D eigenvalue weighted by Crippen LogP contribution is 2.37. The van der Waals surface area contributed by atoms with Gasteiger partial charge in [-0.1, -0.05) is 40.9 Å². The minimum atomic E-state index is -0.461. The molecule has 0 unspecified atom stereocenters. The molecule has 3 nitrogen and oxygen atoms in total. The van der Waals surface area contributed by atoms with Gasteiger partial charge in [0.15, 0.2) is 0 Å². The number of halogens is 4. The molecule has 0 N–H and O–H groups in total. The lowest BCUT2D eigenvalue weighted by Crippen LogP contribution is -2.18. The molecule has 1 aromatic heterocycles. The van der Waals surface area contributed by atoms with Gasteiger partial charge in [0.05, 0.1) is 26.3 Å². The molecule has 0 aliphatic carbocycles. The van der Waals surface area contributed by atoms with Crippen molar-refractivity contribution in [1.82, 2.24) is 4.57 Å². The quantitative estimate of drug-likeness (QED) is 0.326. The fraction of sp³-hybridized carbons (Fsp3) is 0.0435. The van der Waals surface area contributed by atoms with Crippen molar-refractivity contribution < 1.29 is 9.18 Å². The van der Waals surface area contributed by atoms with E-state index in [1.54, 1.807) is 42.5 Å². The number of hydrogen-bond donors (Lipinski definition) is 0. The summed E-state index contributed by atoms with van der Waals surface area (Å²) in [5.74, 6) is -0.461. The molecule has 0 spiro atoms. The van der Waals surface area contributed by atoms with Gasteiger partial charge in [-0.05, 0) is 59.7 Å². The third-order valence-corrected chi connectivity index (χ3v) is 5.70. The van der Waals surface area contributed by atoms with E-state index in [4.69, 9.17) is 34.8 Å². The van der Waals surface area contributed by atoms with Crippen molar-refractivity contribution in [1.29, 1.82) is 0 Å². The number of nitrogens with zero attached hydrogens (tertiary/aromatic N) is 1. The third kappa shape index (κ3) is 3.63. The minimum Gasteiger partial charge on any atom is -0.303 e. The summed E-state index contributed by atoms with van der Waals surface area (Å²) in [4.78, 5) is 24.1. The maximum atomic E-state index is 13.6. The van der Waals surface area contributed by atoms with Crippen LogP contribution in [0.15, 0.2) is 65.5 Å². The molecule has 0 fully saturated rings. The Bertz CT molecular complexity index is 1340. The molecule has 0 radical (unpaired) electrons. The number of rotatable bonds is 4. The molecule has 30 heavy (non-hydrogen) atoms. The monoisotopic (exact) mass is 459 g/mol. The molecule has 0 saturated heterocycles. The fourth-order valence-electron chi connectivity index (χ4n) is 3.48. The van der Waals surface area contributed by atoms with Crippen molar-refractivity contribution in [3.63, 3.8) is 0 Å². The Hall–Kier alpha value is -2.66. The number of pyridine rings is 1. The lowest BCUT2D eigenvalue weighted by Gasteiger charge is -2.17. The summed E-state index contributed by atoms with van der Waals surface area (Å²) in [5, 5.41) is 1.50. The number of benzene rings is 3. The Morgan fingerprint density at radius 2 is 1.60 bits per heavy atom. The third-order valence-electron chi connectivity index (χ3n) is 4.77. The van der Waals surface area contributed by atoms with Crippen LogP contribution in [0, 0.1) is 5.82 Å². The molecule has 7 heteroatoms. The number of hydrogen-bond acceptors (Lipinski definition) is 2. The van der Waals surface area contributed by atoms with Crippen LogP contribution in [0.3, 0.4) is 0 Å². The maximum absolute atomic E-state index is 13.6. The maximum Gasteiger partial charge on any atom is 0.255 e. The van der Waals surface area contributed by atoms with E-state index in [-0.39, 0.29) is 17.0 Å². The second-order valence-corrected chi connectivity index (χ2v) is 7.87. The molecule has 150 valence electrons. The van der Waals surface area contributed by atoms with Gasteiger partial charge in [0, 0.05) is 23.4 Å². The molecule has 3 aromatic carbocycles. The predicted molar refractivity (Wildman–Crippen MR) is 120 cm³/mol. The highest BCUT2D eigenvalue weighted by atomic mass is 35.5. The van der Waals surface area contributed by atoms with Crippen molar-refractivity contribution in [2.45, 2.75) is 6.42 Å². The van der Waals surface area contributed by atoms with E-state index in [2.05, 4.69) is 0 Å². The molecule has 0 bridgehead atoms. The summed E-state index contributed by atoms with van der Waals surface area (Å²) in [7, 11) is 0. The highest BCUT2D eigenvalue weighted by molar-refractivity contribution is 6.38. The number of carbonyl (C=O) groups is 1. The van der Waals surface area contributed by atoms with Crippen molar-refractivity contribution in [2.75, 3.05) is 0 Å². The number of aldehydes is 1. The lowest BCUT2D eigenvalue weighted by molar-refractivity contribution is -0.107. The largest absolute Gasteiger partial charge is 0.303 e. The van der Waals surface area contributed by atoms with Crippen LogP contribution in [0.25, 0.3) is 27.7 Å². The van der Waals surface area contributed by atoms with E-state index in [1.165, 1.54) is 22.8 Å². The van der Waals surface area contributed by atoms with Gasteiger partial charge < -0.3 is 4.79 Å². The molecule has 4 rings (SSSR count). The van der Waals surface area contributed by atoms with Crippen LogP contribution in [0.2, 0.25) is 15.1 Å². The van der Waals surface area contributed by atoms with Crippen LogP contribution in [0.5, 0.6) is 0 Å². The average molecular weight is 461 g/mol. The first kappa shape index (κ1) is 20.6. The normalized spacial score (nSPS) is 11.1. The van der Waals surface area contributed by atoms with Gasteiger partial charge >= 0.3 is 0 Å². The number of fused-ring (bicyclic) bond motifs is 1. The topological polar surface area (TPSA) is 39.1 Å². The first-order chi connectivity index (χ1) is 14.4. The highest BCUT2D eigenvalue weighted by Gasteiger charge is 2.17. The molecule has 4 aromatic rings. The zero-order chi connectivity index (χ0) is 21.4. The minimum absolute atomic E-state index is 0.126. The van der Waals surface area contributed by atoms with E-state index in [1.807, 2.05) is 0 Å². The van der Waals surface area contributed by atoms with E-state index in [0.717, 1.165) is 6.29 Å². The Kier molecular flexibility index (Phi) is 5.65. The second kappa shape index (κ2) is 8.23. The van der Waals surface area contributed by atoms with Crippen LogP contribution in [0.4, 0.5) is 4.39 Å². The SMILES string of the molecule is O=CCc1cc(-c2ccc(F)cc2Cl)c2ccc(=O)n(-c3c(Cl)cccc3Cl)c2c1. The summed E-state index contributed by atoms with van der Waals surface area (Å²) < 4.78 is 15.0. The Labute approximate surface area is 186 Å². The van der Waals surface area contributed by atoms with Gasteiger partial charge in [-0.3, -0.25) is 9.36 Å². The van der Waals surface area contributed by atoms with E-state index in [9.17, 15) is 14.0 Å². The van der Waals surface area contributed by atoms with Crippen LogP contribution in [-0.2, 0) is 11.2 Å². The summed E-state index contributed by atoms with van der Waals surface area (Å²) in [6.07, 6.45) is 0.895. The fourth-order valence-corrected chi connectivity index (χ4v) is 4.32. The molecular formula is C23H13Cl3FNO2. The first-order valence-electron chi connectivity index (χ1n) is 8.93. The zero-order valence-corrected chi connectivity index (χ0v) is 17.6. The van der Waals surface area contributed by atoms with E-state index in [0.29, 0.717) is 43.3 Å². The molecule has 1 heterocycles. The van der Waals surface area contributed by atoms with Gasteiger partial charge in [0.1, 0.15) is 12.1 Å². The average Bonchev–Trinajstić information content (AvgIpc) is 2.69. The number of carbonyl (C=O) groups excluding carboxylic acids is 1. The summed E-state index contributed by atoms with van der Waals surface area (Å²) in [5.41, 5.74) is 2.41. The standard InChI is InChI=1S/C23H13Cl3FNO2/c24-18-2-1-3-19(25)23(18)28-21-11-13(8-9-29)10-17(16(21)6-7-22(28)30)15-5-4-14(27)12-20(15)26/h1-7,9-12H,8H2. The molecule has 0 saturated carbocycles. The molecule has 0 aliphatic rings. The van der Waals surface area contributed by atoms with Crippen molar-refractivity contribution in [3.8, 4) is 16.8 Å². The first-order valence-corrected chi connectivity index (χ1v) is 10.1. The molecule has 0 atom stereocenters. The summed E-state index contributed by atoms with van der Waals surface area (Å²) >= 11 is 19.1. The number of aromatic nitrogens is 1. The Morgan fingerprint density at radius 3 is 2.27 bits per heavy atom. The second-order valence-electron chi connectivity index (χ2n) is 6.65. The van der Waals surface area contributed by atoms with Crippen LogP contribution >= 0.6 is 34.8 Å². The van der Waals surface area contributed by atoms with E-state index >= 15 is 0 Å². The van der Waals surface area contributed by atoms with Crippen molar-refractivity contribution in [2.24, 2.45) is 0 Å². The molecule has 0 amide bonds. The van der Waals surface area contributed by atoms with Gasteiger partial charge in [0.2, 0.25) is 0 Å². The Morgan fingerprint density at radius 1 is 0.867 bits per heavy atom. The van der Waals surface area contributed by atoms with Gasteiger partial charge in [-0.25, -0.2) is 4.39 Å². The van der Waals surface area contributed by atoms with E-state index < -0.39 is 5.82 Å². The lowest BCUT2D eigenvalue weighted by atomic mass is 9.96. The summed E-state index contributed by atoms with van der Waals surface area (Å²) in [6, 6.07) is 15.7. The predicted octanol–water partition coefficient (Wildman–Crippen LogP) is 6.50. The molecule has 0 aliphatic heterocycles. The number of para-hydroxylation sites is 1. The Balaban J connectivity index is 2.16.